The summed E-state index contributed by atoms with van der Waals surface area (Å²) in [7, 11) is 4.56. The van der Waals surface area contributed by atoms with E-state index in [1.165, 1.54) is 0 Å². The van der Waals surface area contributed by atoms with Crippen molar-refractivity contribution in [1.29, 1.82) is 0 Å². The summed E-state index contributed by atoms with van der Waals surface area (Å²) in [5, 5.41) is 12.6. The molecule has 0 fully saturated rings. The second-order valence-corrected chi connectivity index (χ2v) is 5.92. The first-order valence-corrected chi connectivity index (χ1v) is 8.57. The number of aliphatic hydroxyl groups is 1. The molecule has 1 rings (SSSR count). The number of carbonyl (C=O) groups is 2. The highest BCUT2D eigenvalue weighted by molar-refractivity contribution is 5.79. The van der Waals surface area contributed by atoms with E-state index in [4.69, 9.17) is 15.6 Å². The van der Waals surface area contributed by atoms with Gasteiger partial charge in [-0.3, -0.25) is 4.79 Å². The maximum Gasteiger partial charge on any atom is 0.220 e. The molecule has 0 aliphatic heterocycles. The normalized spacial score (nSPS) is 11.9. The van der Waals surface area contributed by atoms with E-state index < -0.39 is 0 Å². The molecular weight excluding hydrogens is 334 g/mol. The molecule has 7 heteroatoms. The average molecular weight is 370 g/mol. The molecule has 0 aromatic heterocycles. The van der Waals surface area contributed by atoms with Crippen LogP contribution >= 0.6 is 0 Å². The molecule has 0 aliphatic carbocycles. The predicted octanol–water partition coefficient (Wildman–Crippen LogP) is 1.72. The molecule has 7 nitrogen and oxygen atoms in total. The van der Waals surface area contributed by atoms with Crippen LogP contribution in [0.5, 0.6) is 0 Å². The smallest absolute Gasteiger partial charge is 0.220 e. The summed E-state index contributed by atoms with van der Waals surface area (Å²) < 4.78 is 5.21. The summed E-state index contributed by atoms with van der Waals surface area (Å²) in [6, 6.07) is 7.70. The van der Waals surface area contributed by atoms with E-state index in [-0.39, 0.29) is 18.1 Å². The zero-order valence-electron chi connectivity index (χ0n) is 16.8. The van der Waals surface area contributed by atoms with Crippen molar-refractivity contribution in [3.05, 3.63) is 29.8 Å². The van der Waals surface area contributed by atoms with Crippen LogP contribution in [0.15, 0.2) is 24.3 Å². The monoisotopic (exact) mass is 369 g/mol. The highest BCUT2D eigenvalue weighted by atomic mass is 16.5. The lowest BCUT2D eigenvalue weighted by Crippen LogP contribution is -2.34. The zero-order chi connectivity index (χ0) is 20.5. The van der Waals surface area contributed by atoms with Crippen molar-refractivity contribution in [3.8, 4) is 0 Å². The van der Waals surface area contributed by atoms with Crippen molar-refractivity contribution in [2.75, 3.05) is 33.1 Å². The molecule has 2 unspecified atom stereocenters. The highest BCUT2D eigenvalue weighted by Crippen LogP contribution is 2.17. The summed E-state index contributed by atoms with van der Waals surface area (Å²) in [4.78, 5) is 21.1. The number of hydrogen-bond donors (Lipinski definition) is 4. The number of rotatable bonds is 8. The molecule has 2 atom stereocenters. The van der Waals surface area contributed by atoms with Crippen LogP contribution in [0.1, 0.15) is 38.9 Å². The molecule has 0 saturated heterocycles. The van der Waals surface area contributed by atoms with Crippen LogP contribution in [0.3, 0.4) is 0 Å². The van der Waals surface area contributed by atoms with E-state index in [9.17, 15) is 9.59 Å². The molecule has 26 heavy (non-hydrogen) atoms. The molecule has 0 saturated carbocycles. The number of nitrogens with two attached hydrogens (primary N) is 1. The minimum atomic E-state index is -0.360. The van der Waals surface area contributed by atoms with Crippen LogP contribution in [0.4, 0.5) is 5.69 Å². The highest BCUT2D eigenvalue weighted by Gasteiger charge is 2.07. The minimum Gasteiger partial charge on any atom is -0.400 e. The first kappa shape index (κ1) is 26.3. The number of carbonyl (C=O) groups excluding carboxylic acids is 2. The molecule has 1 aromatic carbocycles. The topological polar surface area (TPSA) is 114 Å². The van der Waals surface area contributed by atoms with Gasteiger partial charge in [0.1, 0.15) is 6.29 Å². The van der Waals surface area contributed by atoms with E-state index in [0.717, 1.165) is 24.6 Å². The number of methoxy groups -OCH3 is 1. The van der Waals surface area contributed by atoms with Crippen LogP contribution in [0.25, 0.3) is 0 Å². The van der Waals surface area contributed by atoms with Gasteiger partial charge in [0.25, 0.3) is 0 Å². The predicted molar refractivity (Wildman–Crippen MR) is 106 cm³/mol. The third kappa shape index (κ3) is 12.4. The van der Waals surface area contributed by atoms with Gasteiger partial charge in [-0.15, -0.1) is 0 Å². The maximum atomic E-state index is 11.0. The molecule has 0 spiro atoms. The van der Waals surface area contributed by atoms with Crippen LogP contribution in [0.2, 0.25) is 0 Å². The third-order valence-corrected chi connectivity index (χ3v) is 3.26. The van der Waals surface area contributed by atoms with Gasteiger partial charge < -0.3 is 31.0 Å². The van der Waals surface area contributed by atoms with Gasteiger partial charge in [-0.05, 0) is 30.5 Å². The Morgan fingerprint density at radius 2 is 1.77 bits per heavy atom. The van der Waals surface area contributed by atoms with Crippen LogP contribution in [0, 0.1) is 5.92 Å². The molecule has 0 radical (unpaired) electrons. The minimum absolute atomic E-state index is 0.00547. The first-order chi connectivity index (χ1) is 12.4. The van der Waals surface area contributed by atoms with Crippen molar-refractivity contribution in [1.82, 2.24) is 5.32 Å². The Balaban J connectivity index is 0. The maximum absolute atomic E-state index is 11.0. The van der Waals surface area contributed by atoms with Crippen molar-refractivity contribution < 1.29 is 19.4 Å². The standard InChI is InChI=1S/C10H16N2O.C8H15NO2.CH4O/c1-12-9-5-3-8(4-6-9)10(7-11)13-2;1-6(2)4-8(11)9-7(3)5-10;1-2/h3-6,10,12H,7,11H2,1-2H3;5-7H,4H2,1-3H3,(H,9,11);2H,1H3. The fourth-order valence-corrected chi connectivity index (χ4v) is 1.95. The summed E-state index contributed by atoms with van der Waals surface area (Å²) in [5.41, 5.74) is 7.75. The molecule has 0 bridgehead atoms. The number of hydrogen-bond acceptors (Lipinski definition) is 6. The molecule has 0 heterocycles. The van der Waals surface area contributed by atoms with E-state index in [2.05, 4.69) is 10.6 Å². The van der Waals surface area contributed by atoms with Crippen LogP contribution in [-0.2, 0) is 14.3 Å². The molecule has 5 N–H and O–H groups in total. The summed E-state index contributed by atoms with van der Waals surface area (Å²) in [6.07, 6.45) is 1.21. The number of aliphatic hydroxyl groups excluding tert-OH is 1. The quantitative estimate of drug-likeness (QED) is 0.519. The van der Waals surface area contributed by atoms with Crippen molar-refractivity contribution in [2.45, 2.75) is 39.3 Å². The van der Waals surface area contributed by atoms with Crippen molar-refractivity contribution >= 4 is 17.9 Å². The largest absolute Gasteiger partial charge is 0.400 e. The number of ether oxygens (including phenoxy) is 1. The number of amides is 1. The van der Waals surface area contributed by atoms with Gasteiger partial charge in [0.05, 0.1) is 12.1 Å². The van der Waals surface area contributed by atoms with Crippen LogP contribution in [-0.4, -0.2) is 51.2 Å². The van der Waals surface area contributed by atoms with Gasteiger partial charge in [-0.2, -0.15) is 0 Å². The average Bonchev–Trinajstić information content (AvgIpc) is 2.64. The van der Waals surface area contributed by atoms with Crippen molar-refractivity contribution in [3.63, 3.8) is 0 Å². The number of aldehydes is 1. The Morgan fingerprint density at radius 1 is 1.23 bits per heavy atom. The van der Waals surface area contributed by atoms with E-state index in [0.29, 0.717) is 18.9 Å². The molecule has 0 aliphatic rings. The van der Waals surface area contributed by atoms with Gasteiger partial charge in [-0.1, -0.05) is 26.0 Å². The van der Waals surface area contributed by atoms with Gasteiger partial charge in [0.2, 0.25) is 5.91 Å². The van der Waals surface area contributed by atoms with Crippen molar-refractivity contribution in [2.24, 2.45) is 11.7 Å². The lowest BCUT2D eigenvalue weighted by molar-refractivity contribution is -0.124. The second-order valence-electron chi connectivity index (χ2n) is 5.92. The number of nitrogens with one attached hydrogen (secondary N) is 2. The molecular formula is C19H35N3O4. The Bertz CT molecular complexity index is 474. The van der Waals surface area contributed by atoms with E-state index in [1.54, 1.807) is 14.0 Å². The number of benzene rings is 1. The first-order valence-electron chi connectivity index (χ1n) is 8.57. The fraction of sp³-hybridized carbons (Fsp3) is 0.579. The Labute approximate surface area is 157 Å². The third-order valence-electron chi connectivity index (χ3n) is 3.26. The van der Waals surface area contributed by atoms with Gasteiger partial charge in [0.15, 0.2) is 0 Å². The zero-order valence-corrected chi connectivity index (χ0v) is 16.8. The Morgan fingerprint density at radius 3 is 2.12 bits per heavy atom. The lowest BCUT2D eigenvalue weighted by atomic mass is 10.1. The molecule has 1 amide bonds. The van der Waals surface area contributed by atoms with Gasteiger partial charge >= 0.3 is 0 Å². The van der Waals surface area contributed by atoms with Gasteiger partial charge in [0, 0.05) is 39.9 Å². The summed E-state index contributed by atoms with van der Waals surface area (Å²) >= 11 is 0. The summed E-state index contributed by atoms with van der Waals surface area (Å²) in [6.45, 7) is 6.09. The van der Waals surface area contributed by atoms with E-state index in [1.807, 2.05) is 45.2 Å². The Hall–Kier alpha value is -1.96. The molecule has 1 aromatic rings. The SMILES string of the molecule is CC(C)CC(=O)NC(C)C=O.CNc1ccc(C(CN)OC)cc1.CO. The Kier molecular flexibility index (Phi) is 16.7. The lowest BCUT2D eigenvalue weighted by Gasteiger charge is -2.13. The number of anilines is 1. The summed E-state index contributed by atoms with van der Waals surface area (Å²) in [5.74, 6) is 0.286. The fourth-order valence-electron chi connectivity index (χ4n) is 1.95. The molecule has 150 valence electrons. The van der Waals surface area contributed by atoms with Crippen LogP contribution < -0.4 is 16.4 Å². The second kappa shape index (κ2) is 16.5. The van der Waals surface area contributed by atoms with E-state index >= 15 is 0 Å². The van der Waals surface area contributed by atoms with Gasteiger partial charge in [-0.25, -0.2) is 0 Å².